The predicted octanol–water partition coefficient (Wildman–Crippen LogP) is 2.17. The van der Waals surface area contributed by atoms with Gasteiger partial charge in [0.05, 0.1) is 5.02 Å². The molecule has 2 aromatic rings. The van der Waals surface area contributed by atoms with Gasteiger partial charge >= 0.3 is 0 Å². The first-order chi connectivity index (χ1) is 14.3. The molecule has 0 saturated carbocycles. The summed E-state index contributed by atoms with van der Waals surface area (Å²) in [5.74, 6) is -1.97. The molecule has 0 bridgehead atoms. The summed E-state index contributed by atoms with van der Waals surface area (Å²) in [7, 11) is 0. The highest BCUT2D eigenvalue weighted by atomic mass is 35.5. The fourth-order valence-electron chi connectivity index (χ4n) is 3.67. The van der Waals surface area contributed by atoms with Crippen LogP contribution in [0.5, 0.6) is 0 Å². The average molecular weight is 430 g/mol. The van der Waals surface area contributed by atoms with E-state index in [4.69, 9.17) is 11.6 Å². The number of halogens is 2. The summed E-state index contributed by atoms with van der Waals surface area (Å²) in [6.45, 7) is 0.272. The molecule has 1 fully saturated rings. The number of carbonyl (C=O) groups is 4. The Morgan fingerprint density at radius 2 is 1.90 bits per heavy atom. The first-order valence-corrected chi connectivity index (χ1v) is 9.71. The average Bonchev–Trinajstić information content (AvgIpc) is 3.05. The maximum absolute atomic E-state index is 13.0. The number of imide groups is 1. The zero-order chi connectivity index (χ0) is 21.4. The van der Waals surface area contributed by atoms with E-state index >= 15 is 0 Å². The molecule has 30 heavy (non-hydrogen) atoms. The van der Waals surface area contributed by atoms with Gasteiger partial charge in [0.2, 0.25) is 11.8 Å². The van der Waals surface area contributed by atoms with Crippen molar-refractivity contribution in [3.05, 3.63) is 69.5 Å². The molecule has 154 valence electrons. The first-order valence-electron chi connectivity index (χ1n) is 9.34. The molecule has 0 spiro atoms. The molecule has 4 rings (SSSR count). The minimum Gasteiger partial charge on any atom is -0.348 e. The van der Waals surface area contributed by atoms with Gasteiger partial charge in [-0.25, -0.2) is 4.39 Å². The summed E-state index contributed by atoms with van der Waals surface area (Å²) in [5.41, 5.74) is 1.91. The number of nitrogens with one attached hydrogen (secondary N) is 2. The van der Waals surface area contributed by atoms with Crippen LogP contribution in [0.25, 0.3) is 0 Å². The van der Waals surface area contributed by atoms with Crippen molar-refractivity contribution >= 4 is 35.2 Å². The minimum atomic E-state index is -0.722. The second-order valence-electron chi connectivity index (χ2n) is 7.15. The molecule has 2 aromatic carbocycles. The highest BCUT2D eigenvalue weighted by molar-refractivity contribution is 6.33. The molecule has 2 heterocycles. The Bertz CT molecular complexity index is 1070. The van der Waals surface area contributed by atoms with Gasteiger partial charge in [-0.2, -0.15) is 0 Å². The van der Waals surface area contributed by atoms with Crippen LogP contribution in [-0.4, -0.2) is 34.6 Å². The van der Waals surface area contributed by atoms with E-state index in [1.165, 1.54) is 29.2 Å². The second-order valence-corrected chi connectivity index (χ2v) is 7.53. The van der Waals surface area contributed by atoms with Gasteiger partial charge in [0.25, 0.3) is 11.8 Å². The lowest BCUT2D eigenvalue weighted by Crippen LogP contribution is -2.52. The standard InChI is InChI=1S/C21H17ClFN3O4/c22-18-12(9-24-19(28)11-1-4-13(23)5-2-11)3-6-14-15(18)10-26(21(14)30)16-7-8-17(27)25-20(16)29/h1-6,16H,7-10H2,(H,24,28)(H,25,27,29). The third-order valence-electron chi connectivity index (χ3n) is 5.28. The molecule has 7 nitrogen and oxygen atoms in total. The largest absolute Gasteiger partial charge is 0.348 e. The number of amides is 4. The predicted molar refractivity (Wildman–Crippen MR) is 105 cm³/mol. The number of rotatable bonds is 4. The maximum atomic E-state index is 13.0. The zero-order valence-corrected chi connectivity index (χ0v) is 16.5. The molecular formula is C21H17ClFN3O4. The Morgan fingerprint density at radius 1 is 1.17 bits per heavy atom. The summed E-state index contributed by atoms with van der Waals surface area (Å²) >= 11 is 6.50. The molecular weight excluding hydrogens is 413 g/mol. The van der Waals surface area contributed by atoms with E-state index in [1.54, 1.807) is 12.1 Å². The normalized spacial score (nSPS) is 18.3. The Balaban J connectivity index is 1.49. The summed E-state index contributed by atoms with van der Waals surface area (Å²) in [4.78, 5) is 49.9. The molecule has 0 aromatic heterocycles. The third-order valence-corrected chi connectivity index (χ3v) is 5.75. The van der Waals surface area contributed by atoms with Gasteiger partial charge in [-0.1, -0.05) is 17.7 Å². The Labute approximate surface area is 176 Å². The Kier molecular flexibility index (Phi) is 5.26. The van der Waals surface area contributed by atoms with Crippen LogP contribution in [-0.2, 0) is 22.7 Å². The number of carbonyl (C=O) groups excluding carboxylic acids is 4. The second kappa shape index (κ2) is 7.87. The smallest absolute Gasteiger partial charge is 0.255 e. The van der Waals surface area contributed by atoms with Crippen molar-refractivity contribution in [2.24, 2.45) is 0 Å². The van der Waals surface area contributed by atoms with Gasteiger partial charge < -0.3 is 10.2 Å². The van der Waals surface area contributed by atoms with Gasteiger partial charge in [-0.05, 0) is 42.3 Å². The molecule has 0 aliphatic carbocycles. The van der Waals surface area contributed by atoms with Crippen LogP contribution in [0.15, 0.2) is 36.4 Å². The summed E-state index contributed by atoms with van der Waals surface area (Å²) in [5, 5.41) is 5.32. The van der Waals surface area contributed by atoms with Crippen molar-refractivity contribution in [1.29, 1.82) is 0 Å². The monoisotopic (exact) mass is 429 g/mol. The number of benzene rings is 2. The molecule has 2 aliphatic rings. The number of fused-ring (bicyclic) bond motifs is 1. The zero-order valence-electron chi connectivity index (χ0n) is 15.7. The molecule has 0 radical (unpaired) electrons. The van der Waals surface area contributed by atoms with Crippen LogP contribution in [0.2, 0.25) is 5.02 Å². The first kappa shape index (κ1) is 20.0. The Hall–Kier alpha value is -3.26. The number of piperidine rings is 1. The molecule has 9 heteroatoms. The van der Waals surface area contributed by atoms with E-state index in [1.807, 2.05) is 0 Å². The van der Waals surface area contributed by atoms with Crippen molar-refractivity contribution in [3.8, 4) is 0 Å². The molecule has 1 atom stereocenters. The van der Waals surface area contributed by atoms with Gasteiger partial charge in [0.15, 0.2) is 0 Å². The maximum Gasteiger partial charge on any atom is 0.255 e. The van der Waals surface area contributed by atoms with Crippen molar-refractivity contribution in [3.63, 3.8) is 0 Å². The van der Waals surface area contributed by atoms with E-state index in [-0.39, 0.29) is 43.7 Å². The fraction of sp³-hybridized carbons (Fsp3) is 0.238. The van der Waals surface area contributed by atoms with Crippen LogP contribution in [0.4, 0.5) is 4.39 Å². The van der Waals surface area contributed by atoms with Crippen molar-refractivity contribution < 1.29 is 23.6 Å². The molecule has 2 aliphatic heterocycles. The third kappa shape index (κ3) is 3.66. The van der Waals surface area contributed by atoms with Crippen LogP contribution < -0.4 is 10.6 Å². The van der Waals surface area contributed by atoms with Crippen molar-refractivity contribution in [2.45, 2.75) is 32.0 Å². The van der Waals surface area contributed by atoms with E-state index in [0.717, 1.165) is 0 Å². The van der Waals surface area contributed by atoms with Crippen molar-refractivity contribution in [2.75, 3.05) is 0 Å². The number of hydrogen-bond donors (Lipinski definition) is 2. The van der Waals surface area contributed by atoms with E-state index in [2.05, 4.69) is 10.6 Å². The fourth-order valence-corrected chi connectivity index (χ4v) is 3.96. The van der Waals surface area contributed by atoms with Crippen molar-refractivity contribution in [1.82, 2.24) is 15.5 Å². The minimum absolute atomic E-state index is 0.120. The molecule has 2 N–H and O–H groups in total. The van der Waals surface area contributed by atoms with Gasteiger partial charge in [-0.15, -0.1) is 0 Å². The summed E-state index contributed by atoms with van der Waals surface area (Å²) < 4.78 is 13.0. The quantitative estimate of drug-likeness (QED) is 0.728. The topological polar surface area (TPSA) is 95.6 Å². The molecule has 4 amide bonds. The SMILES string of the molecule is O=C1CCC(N2Cc3c(ccc(CNC(=O)c4ccc(F)cc4)c3Cl)C2=O)C(=O)N1. The van der Waals surface area contributed by atoms with E-state index in [9.17, 15) is 23.6 Å². The lowest BCUT2D eigenvalue weighted by Gasteiger charge is -2.29. The van der Waals surface area contributed by atoms with E-state index in [0.29, 0.717) is 27.3 Å². The molecule has 1 saturated heterocycles. The lowest BCUT2D eigenvalue weighted by molar-refractivity contribution is -0.136. The van der Waals surface area contributed by atoms with Crippen LogP contribution in [0, 0.1) is 5.82 Å². The van der Waals surface area contributed by atoms with Crippen LogP contribution in [0.3, 0.4) is 0 Å². The number of nitrogens with zero attached hydrogens (tertiary/aromatic N) is 1. The van der Waals surface area contributed by atoms with Gasteiger partial charge in [-0.3, -0.25) is 24.5 Å². The van der Waals surface area contributed by atoms with Gasteiger partial charge in [0.1, 0.15) is 11.9 Å². The summed E-state index contributed by atoms with van der Waals surface area (Å²) in [6.07, 6.45) is 0.438. The van der Waals surface area contributed by atoms with E-state index < -0.39 is 17.8 Å². The van der Waals surface area contributed by atoms with Gasteiger partial charge in [0, 0.05) is 36.2 Å². The highest BCUT2D eigenvalue weighted by Gasteiger charge is 2.40. The molecule has 1 unspecified atom stereocenters. The van der Waals surface area contributed by atoms with Crippen LogP contribution in [0.1, 0.15) is 44.7 Å². The summed E-state index contributed by atoms with van der Waals surface area (Å²) in [6, 6.07) is 7.71. The van der Waals surface area contributed by atoms with Crippen LogP contribution >= 0.6 is 11.6 Å². The number of hydrogen-bond acceptors (Lipinski definition) is 4. The highest BCUT2D eigenvalue weighted by Crippen LogP contribution is 2.34. The Morgan fingerprint density at radius 3 is 2.60 bits per heavy atom. The lowest BCUT2D eigenvalue weighted by atomic mass is 10.0.